The number of pyridine rings is 1. The van der Waals surface area contributed by atoms with E-state index in [1.807, 2.05) is 38.1 Å². The summed E-state index contributed by atoms with van der Waals surface area (Å²) in [6.07, 6.45) is 2.94. The Morgan fingerprint density at radius 2 is 1.88 bits per heavy atom. The third-order valence-electron chi connectivity index (χ3n) is 4.07. The van der Waals surface area contributed by atoms with Gasteiger partial charge >= 0.3 is 0 Å². The zero-order valence-corrected chi connectivity index (χ0v) is 14.7. The summed E-state index contributed by atoms with van der Waals surface area (Å²) in [5.74, 6) is 1.68. The van der Waals surface area contributed by atoms with Crippen LogP contribution in [0.25, 0.3) is 0 Å². The molecule has 25 heavy (non-hydrogen) atoms. The van der Waals surface area contributed by atoms with E-state index in [-0.39, 0.29) is 12.0 Å². The van der Waals surface area contributed by atoms with Crippen molar-refractivity contribution in [3.8, 4) is 11.6 Å². The van der Waals surface area contributed by atoms with E-state index in [1.165, 1.54) is 5.56 Å². The minimum Gasteiger partial charge on any atom is -0.489 e. The summed E-state index contributed by atoms with van der Waals surface area (Å²) < 4.78 is 11.3. The highest BCUT2D eigenvalue weighted by Crippen LogP contribution is 2.20. The van der Waals surface area contributed by atoms with E-state index in [1.54, 1.807) is 6.20 Å². The molecular formula is C20H24N2O3. The molecule has 132 valence electrons. The van der Waals surface area contributed by atoms with Gasteiger partial charge in [0.2, 0.25) is 5.88 Å². The monoisotopic (exact) mass is 340 g/mol. The lowest BCUT2D eigenvalue weighted by molar-refractivity contribution is -0.115. The average molecular weight is 340 g/mol. The van der Waals surface area contributed by atoms with Crippen LogP contribution in [0, 0.1) is 5.92 Å². The maximum Gasteiger partial charge on any atom is 0.213 e. The van der Waals surface area contributed by atoms with Gasteiger partial charge in [0.15, 0.2) is 0 Å². The molecule has 2 aromatic rings. The first-order valence-electron chi connectivity index (χ1n) is 8.63. The van der Waals surface area contributed by atoms with Crippen molar-refractivity contribution in [1.29, 1.82) is 0 Å². The Hall–Kier alpha value is -2.40. The summed E-state index contributed by atoms with van der Waals surface area (Å²) in [7, 11) is 0. The highest BCUT2D eigenvalue weighted by Gasteiger charge is 2.25. The van der Waals surface area contributed by atoms with E-state index in [0.29, 0.717) is 12.5 Å². The molecule has 0 radical (unpaired) electrons. The van der Waals surface area contributed by atoms with E-state index in [0.717, 1.165) is 37.2 Å². The fraction of sp³-hybridized carbons (Fsp3) is 0.400. The van der Waals surface area contributed by atoms with Gasteiger partial charge in [-0.05, 0) is 37.6 Å². The zero-order valence-electron chi connectivity index (χ0n) is 14.7. The maximum absolute atomic E-state index is 10.6. The number of likely N-dealkylation sites (tertiary alicyclic amines) is 1. The van der Waals surface area contributed by atoms with Crippen molar-refractivity contribution in [2.45, 2.75) is 33.1 Å². The molecule has 0 atom stereocenters. The zero-order chi connectivity index (χ0) is 17.6. The highest BCUT2D eigenvalue weighted by atomic mass is 16.5. The molecule has 0 N–H and O–H groups in total. The third kappa shape index (κ3) is 5.03. The summed E-state index contributed by atoms with van der Waals surface area (Å²) in [6.45, 7) is 7.04. The Morgan fingerprint density at radius 3 is 2.48 bits per heavy atom. The van der Waals surface area contributed by atoms with Crippen molar-refractivity contribution < 1.29 is 14.3 Å². The van der Waals surface area contributed by atoms with Gasteiger partial charge in [-0.1, -0.05) is 12.1 Å². The number of hydrogen-bond acceptors (Lipinski definition) is 5. The number of rotatable bonds is 8. The summed E-state index contributed by atoms with van der Waals surface area (Å²) in [4.78, 5) is 17.2. The van der Waals surface area contributed by atoms with Gasteiger partial charge in [-0.3, -0.25) is 4.90 Å². The van der Waals surface area contributed by atoms with Crippen LogP contribution in [0.1, 0.15) is 25.0 Å². The smallest absolute Gasteiger partial charge is 0.213 e. The molecule has 1 aliphatic heterocycles. The van der Waals surface area contributed by atoms with Gasteiger partial charge in [-0.15, -0.1) is 0 Å². The number of benzene rings is 1. The Bertz CT molecular complexity index is 677. The van der Waals surface area contributed by atoms with Crippen molar-refractivity contribution in [2.24, 2.45) is 5.92 Å². The minimum atomic E-state index is 0.119. The molecule has 1 saturated heterocycles. The third-order valence-corrected chi connectivity index (χ3v) is 4.07. The predicted octanol–water partition coefficient (Wildman–Crippen LogP) is 3.08. The molecule has 0 aliphatic carbocycles. The largest absolute Gasteiger partial charge is 0.489 e. The average Bonchev–Trinajstić information content (AvgIpc) is 2.57. The molecule has 0 amide bonds. The second-order valence-electron chi connectivity index (χ2n) is 6.69. The normalized spacial score (nSPS) is 15.0. The Labute approximate surface area is 148 Å². The van der Waals surface area contributed by atoms with Crippen molar-refractivity contribution in [2.75, 3.05) is 13.1 Å². The first kappa shape index (κ1) is 17.4. The van der Waals surface area contributed by atoms with E-state index in [9.17, 15) is 4.79 Å². The molecule has 1 aromatic carbocycles. The fourth-order valence-corrected chi connectivity index (χ4v) is 2.75. The van der Waals surface area contributed by atoms with Gasteiger partial charge in [-0.2, -0.15) is 0 Å². The van der Waals surface area contributed by atoms with Crippen LogP contribution in [0.3, 0.4) is 0 Å². The molecule has 1 aromatic heterocycles. The standard InChI is InChI=1S/C20H24N2O3/c1-15(2)25-20-8-5-17(9-21-20)14-24-19-6-3-16(4-7-19)10-22-11-18(12-22)13-23/h3-9,13,15,18H,10-12,14H2,1-2H3. The lowest BCUT2D eigenvalue weighted by atomic mass is 10.0. The van der Waals surface area contributed by atoms with E-state index < -0.39 is 0 Å². The minimum absolute atomic E-state index is 0.119. The van der Waals surface area contributed by atoms with Gasteiger partial charge in [0.05, 0.1) is 6.10 Å². The van der Waals surface area contributed by atoms with Crippen LogP contribution in [0.2, 0.25) is 0 Å². The number of aldehydes is 1. The summed E-state index contributed by atoms with van der Waals surface area (Å²) in [5.41, 5.74) is 2.23. The van der Waals surface area contributed by atoms with E-state index in [4.69, 9.17) is 9.47 Å². The second kappa shape index (κ2) is 8.12. The lowest BCUT2D eigenvalue weighted by Crippen LogP contribution is -2.46. The molecule has 5 nitrogen and oxygen atoms in total. The fourth-order valence-electron chi connectivity index (χ4n) is 2.75. The van der Waals surface area contributed by atoms with Crippen LogP contribution >= 0.6 is 0 Å². The number of aromatic nitrogens is 1. The van der Waals surface area contributed by atoms with Crippen molar-refractivity contribution in [1.82, 2.24) is 9.88 Å². The molecule has 1 aliphatic rings. The van der Waals surface area contributed by atoms with E-state index >= 15 is 0 Å². The number of hydrogen-bond donors (Lipinski definition) is 0. The van der Waals surface area contributed by atoms with Crippen molar-refractivity contribution in [3.63, 3.8) is 0 Å². The van der Waals surface area contributed by atoms with Crippen molar-refractivity contribution in [3.05, 3.63) is 53.7 Å². The quantitative estimate of drug-likeness (QED) is 0.691. The Balaban J connectivity index is 1.46. The van der Waals surface area contributed by atoms with Gasteiger partial charge < -0.3 is 14.3 Å². The van der Waals surface area contributed by atoms with Crippen LogP contribution < -0.4 is 9.47 Å². The van der Waals surface area contributed by atoms with Crippen LogP contribution in [0.4, 0.5) is 0 Å². The Kier molecular flexibility index (Phi) is 5.66. The predicted molar refractivity (Wildman–Crippen MR) is 95.6 cm³/mol. The first-order chi connectivity index (χ1) is 12.1. The second-order valence-corrected chi connectivity index (χ2v) is 6.69. The van der Waals surface area contributed by atoms with Gasteiger partial charge in [0.1, 0.15) is 18.6 Å². The molecule has 0 unspecified atom stereocenters. The number of carbonyl (C=O) groups is 1. The molecule has 2 heterocycles. The SMILES string of the molecule is CC(C)Oc1ccc(COc2ccc(CN3CC(C=O)C3)cc2)cn1. The van der Waals surface area contributed by atoms with Gasteiger partial charge in [0, 0.05) is 43.4 Å². The van der Waals surface area contributed by atoms with Gasteiger partial charge in [-0.25, -0.2) is 4.98 Å². The molecular weight excluding hydrogens is 316 g/mol. The summed E-state index contributed by atoms with van der Waals surface area (Å²) in [6, 6.07) is 11.9. The first-order valence-corrected chi connectivity index (χ1v) is 8.63. The number of ether oxygens (including phenoxy) is 2. The van der Waals surface area contributed by atoms with Gasteiger partial charge in [0.25, 0.3) is 0 Å². The van der Waals surface area contributed by atoms with Crippen LogP contribution in [0.5, 0.6) is 11.6 Å². The Morgan fingerprint density at radius 1 is 1.16 bits per heavy atom. The summed E-state index contributed by atoms with van der Waals surface area (Å²) >= 11 is 0. The lowest BCUT2D eigenvalue weighted by Gasteiger charge is -2.36. The maximum atomic E-state index is 10.6. The molecule has 0 saturated carbocycles. The van der Waals surface area contributed by atoms with Crippen molar-refractivity contribution >= 4 is 6.29 Å². The summed E-state index contributed by atoms with van der Waals surface area (Å²) in [5, 5.41) is 0. The number of nitrogens with zero attached hydrogens (tertiary/aromatic N) is 2. The highest BCUT2D eigenvalue weighted by molar-refractivity contribution is 5.55. The molecule has 5 heteroatoms. The van der Waals surface area contributed by atoms with Crippen LogP contribution in [0.15, 0.2) is 42.6 Å². The molecule has 0 bridgehead atoms. The molecule has 1 fully saturated rings. The number of carbonyl (C=O) groups excluding carboxylic acids is 1. The van der Waals surface area contributed by atoms with Crippen LogP contribution in [-0.2, 0) is 17.9 Å². The molecule has 0 spiro atoms. The molecule has 3 rings (SSSR count). The van der Waals surface area contributed by atoms with E-state index in [2.05, 4.69) is 22.0 Å². The van der Waals surface area contributed by atoms with Crippen LogP contribution in [-0.4, -0.2) is 35.4 Å². The topological polar surface area (TPSA) is 51.7 Å².